The highest BCUT2D eigenvalue weighted by atomic mass is 32.2. The number of nitrogens with zero attached hydrogens (tertiary/aromatic N) is 3. The van der Waals surface area contributed by atoms with Crippen LogP contribution in [0.2, 0.25) is 0 Å². The molecule has 3 heterocycles. The minimum Gasteiger partial charge on any atom is -0.444 e. The molecule has 1 aromatic carbocycles. The van der Waals surface area contributed by atoms with E-state index in [1.165, 1.54) is 4.31 Å². The Morgan fingerprint density at radius 1 is 1.00 bits per heavy atom. The van der Waals surface area contributed by atoms with E-state index in [-0.39, 0.29) is 30.4 Å². The van der Waals surface area contributed by atoms with E-state index >= 15 is 0 Å². The Balaban J connectivity index is 1.47. The number of rotatable bonds is 8. The molecule has 0 radical (unpaired) electrons. The van der Waals surface area contributed by atoms with Gasteiger partial charge in [-0.3, -0.25) is 9.59 Å². The number of carbonyl (C=O) groups excluding carboxylic acids is 3. The number of piperidine rings is 1. The molecule has 0 saturated carbocycles. The van der Waals surface area contributed by atoms with Crippen LogP contribution in [0, 0.1) is 5.41 Å². The molecule has 0 atom stereocenters. The third-order valence-electron chi connectivity index (χ3n) is 6.95. The molecule has 238 valence electrons. The van der Waals surface area contributed by atoms with Gasteiger partial charge in [-0.05, 0) is 78.1 Å². The smallest absolute Gasteiger partial charge is 0.407 e. The first kappa shape index (κ1) is 32.9. The molecule has 1 aliphatic rings. The number of pyridine rings is 1. The lowest BCUT2D eigenvalue weighted by Crippen LogP contribution is -2.47. The van der Waals surface area contributed by atoms with Crippen LogP contribution in [-0.4, -0.2) is 71.9 Å². The Bertz CT molecular complexity index is 1630. The van der Waals surface area contributed by atoms with Gasteiger partial charge in [0.2, 0.25) is 16.8 Å². The van der Waals surface area contributed by atoms with E-state index in [1.807, 2.05) is 0 Å². The molecule has 3 aromatic rings. The van der Waals surface area contributed by atoms with Gasteiger partial charge in [0.25, 0.3) is 0 Å². The molecule has 0 bridgehead atoms. The van der Waals surface area contributed by atoms with Gasteiger partial charge in [0.15, 0.2) is 0 Å². The third kappa shape index (κ3) is 8.14. The van der Waals surface area contributed by atoms with Crippen molar-refractivity contribution in [3.63, 3.8) is 0 Å². The molecule has 1 saturated heterocycles. The number of sulfonamides is 1. The van der Waals surface area contributed by atoms with Crippen LogP contribution in [0.5, 0.6) is 0 Å². The molecular formula is C31H40N4O8S. The highest BCUT2D eigenvalue weighted by Gasteiger charge is 2.32. The highest BCUT2D eigenvalue weighted by molar-refractivity contribution is 7.89. The van der Waals surface area contributed by atoms with Crippen molar-refractivity contribution in [1.82, 2.24) is 19.2 Å². The van der Waals surface area contributed by atoms with Gasteiger partial charge >= 0.3 is 18.0 Å². The normalized spacial score (nSPS) is 15.1. The van der Waals surface area contributed by atoms with E-state index in [1.54, 1.807) is 94.8 Å². The van der Waals surface area contributed by atoms with Gasteiger partial charge in [-0.25, -0.2) is 17.7 Å². The van der Waals surface area contributed by atoms with Crippen molar-refractivity contribution < 1.29 is 37.0 Å². The lowest BCUT2D eigenvalue weighted by Gasteiger charge is -2.32. The fourth-order valence-electron chi connectivity index (χ4n) is 4.69. The summed E-state index contributed by atoms with van der Waals surface area (Å²) < 4.78 is 46.1. The standard InChI is InChI=1S/C31H40N4O8S/c1-30(2,3)28(37)42-20-41-27(36)18-22-19-32-35-16-11-21(17-25(22)35)24-9-7-8-10-26(24)44(39,40)34-14-12-23(13-15-34)33-29(38)43-31(4,5)6/h7-11,16-17,19,23H,12-15,18,20H2,1-6H3,(H,33,38). The predicted octanol–water partition coefficient (Wildman–Crippen LogP) is 4.31. The molecule has 0 aliphatic carbocycles. The van der Waals surface area contributed by atoms with Crippen LogP contribution in [0.3, 0.4) is 0 Å². The van der Waals surface area contributed by atoms with E-state index < -0.39 is 45.9 Å². The SMILES string of the molecule is CC(C)(C)OC(=O)NC1CCN(S(=O)(=O)c2ccccc2-c2ccn3ncc(CC(=O)OCOC(=O)C(C)(C)C)c3c2)CC1. The number of amides is 1. The third-order valence-corrected chi connectivity index (χ3v) is 8.91. The summed E-state index contributed by atoms with van der Waals surface area (Å²) in [5.74, 6) is -1.08. The van der Waals surface area contributed by atoms with E-state index in [0.29, 0.717) is 35.0 Å². The van der Waals surface area contributed by atoms with Crippen molar-refractivity contribution in [1.29, 1.82) is 0 Å². The summed E-state index contributed by atoms with van der Waals surface area (Å²) in [5, 5.41) is 7.13. The summed E-state index contributed by atoms with van der Waals surface area (Å²) in [4.78, 5) is 36.7. The largest absolute Gasteiger partial charge is 0.444 e. The van der Waals surface area contributed by atoms with Crippen LogP contribution in [-0.2, 0) is 40.2 Å². The fraction of sp³-hybridized carbons (Fsp3) is 0.484. The maximum Gasteiger partial charge on any atom is 0.407 e. The Morgan fingerprint density at radius 3 is 2.34 bits per heavy atom. The van der Waals surface area contributed by atoms with Gasteiger partial charge in [0.1, 0.15) is 5.60 Å². The first-order valence-corrected chi connectivity index (χ1v) is 15.9. The second-order valence-electron chi connectivity index (χ2n) is 12.7. The predicted molar refractivity (Wildman–Crippen MR) is 162 cm³/mol. The second kappa shape index (κ2) is 12.9. The fourth-order valence-corrected chi connectivity index (χ4v) is 6.37. The molecule has 2 aromatic heterocycles. The molecule has 4 rings (SSSR count). The minimum atomic E-state index is -3.87. The Morgan fingerprint density at radius 2 is 1.68 bits per heavy atom. The van der Waals surface area contributed by atoms with Crippen LogP contribution >= 0.6 is 0 Å². The second-order valence-corrected chi connectivity index (χ2v) is 14.6. The van der Waals surface area contributed by atoms with Gasteiger partial charge < -0.3 is 19.5 Å². The first-order valence-electron chi connectivity index (χ1n) is 14.4. The molecule has 12 nitrogen and oxygen atoms in total. The van der Waals surface area contributed by atoms with Crippen LogP contribution in [0.25, 0.3) is 16.6 Å². The minimum absolute atomic E-state index is 0.119. The van der Waals surface area contributed by atoms with E-state index in [4.69, 9.17) is 14.2 Å². The van der Waals surface area contributed by atoms with Gasteiger partial charge in [0.05, 0.1) is 28.4 Å². The van der Waals surface area contributed by atoms with Crippen LogP contribution in [0.15, 0.2) is 53.7 Å². The molecule has 0 spiro atoms. The van der Waals surface area contributed by atoms with Crippen LogP contribution < -0.4 is 5.32 Å². The van der Waals surface area contributed by atoms with Crippen LogP contribution in [0.4, 0.5) is 4.79 Å². The summed E-state index contributed by atoms with van der Waals surface area (Å²) in [6, 6.07) is 10.1. The first-order chi connectivity index (χ1) is 20.5. The number of hydrogen-bond acceptors (Lipinski definition) is 9. The zero-order valence-electron chi connectivity index (χ0n) is 26.0. The Labute approximate surface area is 257 Å². The zero-order chi connectivity index (χ0) is 32.3. The maximum absolute atomic E-state index is 13.8. The number of hydrogen-bond donors (Lipinski definition) is 1. The molecule has 13 heteroatoms. The summed E-state index contributed by atoms with van der Waals surface area (Å²) >= 11 is 0. The van der Waals surface area contributed by atoms with Gasteiger partial charge in [0, 0.05) is 36.5 Å². The number of esters is 2. The number of nitrogens with one attached hydrogen (secondary N) is 1. The van der Waals surface area contributed by atoms with Gasteiger partial charge in [-0.1, -0.05) is 18.2 Å². The van der Waals surface area contributed by atoms with Crippen molar-refractivity contribution in [2.45, 2.75) is 77.3 Å². The Hall–Kier alpha value is -3.97. The quantitative estimate of drug-likeness (QED) is 0.285. The lowest BCUT2D eigenvalue weighted by molar-refractivity contribution is -0.172. The lowest BCUT2D eigenvalue weighted by atomic mass is 9.98. The molecule has 1 fully saturated rings. The number of fused-ring (bicyclic) bond motifs is 1. The monoisotopic (exact) mass is 628 g/mol. The highest BCUT2D eigenvalue weighted by Crippen LogP contribution is 2.32. The molecule has 1 N–H and O–H groups in total. The van der Waals surface area contributed by atoms with Crippen LogP contribution in [0.1, 0.15) is 59.9 Å². The molecule has 1 aliphatic heterocycles. The van der Waals surface area contributed by atoms with E-state index in [9.17, 15) is 22.8 Å². The summed E-state index contributed by atoms with van der Waals surface area (Å²) in [5.41, 5.74) is 0.973. The number of alkyl carbamates (subject to hydrolysis) is 1. The topological polar surface area (TPSA) is 146 Å². The molecule has 0 unspecified atom stereocenters. The Kier molecular flexibility index (Phi) is 9.69. The van der Waals surface area contributed by atoms with Crippen molar-refractivity contribution in [2.24, 2.45) is 5.41 Å². The summed E-state index contributed by atoms with van der Waals surface area (Å²) in [6.07, 6.45) is 3.51. The van der Waals surface area contributed by atoms with E-state index in [0.717, 1.165) is 0 Å². The maximum atomic E-state index is 13.8. The number of ether oxygens (including phenoxy) is 3. The molecule has 1 amide bonds. The van der Waals surface area contributed by atoms with Crippen molar-refractivity contribution in [2.75, 3.05) is 19.9 Å². The van der Waals surface area contributed by atoms with Crippen molar-refractivity contribution in [3.8, 4) is 11.1 Å². The van der Waals surface area contributed by atoms with Gasteiger partial charge in [-0.2, -0.15) is 9.40 Å². The molecular weight excluding hydrogens is 588 g/mol. The van der Waals surface area contributed by atoms with Crippen molar-refractivity contribution in [3.05, 3.63) is 54.4 Å². The van der Waals surface area contributed by atoms with Gasteiger partial charge in [-0.15, -0.1) is 0 Å². The molecule has 44 heavy (non-hydrogen) atoms. The average molecular weight is 629 g/mol. The number of benzene rings is 1. The summed E-state index contributed by atoms with van der Waals surface area (Å²) in [6.45, 7) is 10.5. The number of aromatic nitrogens is 2. The summed E-state index contributed by atoms with van der Waals surface area (Å²) in [7, 11) is -3.87. The van der Waals surface area contributed by atoms with Crippen molar-refractivity contribution >= 4 is 33.6 Å². The average Bonchev–Trinajstić information content (AvgIpc) is 3.33. The van der Waals surface area contributed by atoms with E-state index in [2.05, 4.69) is 10.4 Å². The number of carbonyl (C=O) groups is 3. The zero-order valence-corrected chi connectivity index (χ0v) is 26.8.